The van der Waals surface area contributed by atoms with Crippen molar-refractivity contribution >= 4 is 9.84 Å². The summed E-state index contributed by atoms with van der Waals surface area (Å²) >= 11 is 0. The van der Waals surface area contributed by atoms with Crippen molar-refractivity contribution in [3.05, 3.63) is 0 Å². The van der Waals surface area contributed by atoms with Crippen molar-refractivity contribution in [1.82, 2.24) is 10.2 Å². The van der Waals surface area contributed by atoms with Crippen molar-refractivity contribution in [1.29, 1.82) is 0 Å². The van der Waals surface area contributed by atoms with Crippen molar-refractivity contribution in [3.63, 3.8) is 0 Å². The van der Waals surface area contributed by atoms with E-state index >= 15 is 0 Å². The molecular formula is C11H21F3N2O2S. The van der Waals surface area contributed by atoms with E-state index in [-0.39, 0.29) is 24.1 Å². The standard InChI is InChI=1S/C11H21F3N2O2S/c1-2-5-16(9-11(12,13)14)6-4-15-10-3-7-19(17,18)8-10/h10,15H,2-9H2,1H3. The number of hydrogen-bond donors (Lipinski definition) is 1. The molecule has 0 bridgehead atoms. The fraction of sp³-hybridized carbons (Fsp3) is 1.00. The summed E-state index contributed by atoms with van der Waals surface area (Å²) in [6.07, 6.45) is -2.98. The van der Waals surface area contributed by atoms with Crippen molar-refractivity contribution in [2.75, 3.05) is 37.7 Å². The summed E-state index contributed by atoms with van der Waals surface area (Å²) in [6.45, 7) is 1.98. The lowest BCUT2D eigenvalue weighted by molar-refractivity contribution is -0.145. The Morgan fingerprint density at radius 1 is 1.32 bits per heavy atom. The van der Waals surface area contributed by atoms with Gasteiger partial charge in [-0.15, -0.1) is 0 Å². The van der Waals surface area contributed by atoms with E-state index in [1.165, 1.54) is 4.90 Å². The van der Waals surface area contributed by atoms with Crippen LogP contribution in [-0.4, -0.2) is 63.2 Å². The highest BCUT2D eigenvalue weighted by Crippen LogP contribution is 2.16. The second-order valence-corrected chi connectivity index (χ2v) is 7.17. The van der Waals surface area contributed by atoms with E-state index in [0.717, 1.165) is 0 Å². The number of sulfone groups is 1. The quantitative estimate of drug-likeness (QED) is 0.763. The molecule has 1 unspecified atom stereocenters. The monoisotopic (exact) mass is 302 g/mol. The van der Waals surface area contributed by atoms with Crippen molar-refractivity contribution < 1.29 is 21.6 Å². The van der Waals surface area contributed by atoms with Gasteiger partial charge in [0, 0.05) is 19.1 Å². The van der Waals surface area contributed by atoms with E-state index in [4.69, 9.17) is 0 Å². The largest absolute Gasteiger partial charge is 0.401 e. The Morgan fingerprint density at radius 2 is 2.00 bits per heavy atom. The molecule has 1 heterocycles. The molecule has 1 N–H and O–H groups in total. The van der Waals surface area contributed by atoms with Gasteiger partial charge in [0.15, 0.2) is 9.84 Å². The topological polar surface area (TPSA) is 49.4 Å². The van der Waals surface area contributed by atoms with Crippen LogP contribution in [0.1, 0.15) is 19.8 Å². The van der Waals surface area contributed by atoms with Gasteiger partial charge in [-0.2, -0.15) is 13.2 Å². The highest BCUT2D eigenvalue weighted by molar-refractivity contribution is 7.91. The third kappa shape index (κ3) is 7.12. The SMILES string of the molecule is CCCN(CCNC1CCS(=O)(=O)C1)CC(F)(F)F. The van der Waals surface area contributed by atoms with Gasteiger partial charge in [0.1, 0.15) is 0 Å². The third-order valence-corrected chi connectivity index (χ3v) is 4.80. The van der Waals surface area contributed by atoms with Crippen LogP contribution in [-0.2, 0) is 9.84 Å². The third-order valence-electron chi connectivity index (χ3n) is 3.04. The Bertz CT molecular complexity index is 371. The van der Waals surface area contributed by atoms with Crippen LogP contribution in [0, 0.1) is 0 Å². The maximum atomic E-state index is 12.3. The molecule has 0 spiro atoms. The first-order chi connectivity index (χ1) is 8.72. The van der Waals surface area contributed by atoms with Gasteiger partial charge in [-0.25, -0.2) is 8.42 Å². The fourth-order valence-corrected chi connectivity index (χ4v) is 3.93. The van der Waals surface area contributed by atoms with Crippen LogP contribution in [0.4, 0.5) is 13.2 Å². The molecule has 1 aliphatic rings. The molecule has 8 heteroatoms. The zero-order valence-corrected chi connectivity index (χ0v) is 11.9. The van der Waals surface area contributed by atoms with Crippen molar-refractivity contribution in [2.24, 2.45) is 0 Å². The second kappa shape index (κ2) is 6.90. The number of alkyl halides is 3. The molecule has 19 heavy (non-hydrogen) atoms. The molecule has 0 amide bonds. The minimum atomic E-state index is -4.19. The lowest BCUT2D eigenvalue weighted by Crippen LogP contribution is -2.41. The van der Waals surface area contributed by atoms with Crippen LogP contribution in [0.5, 0.6) is 0 Å². The predicted octanol–water partition coefficient (Wildman–Crippen LogP) is 1.04. The Labute approximate surface area is 112 Å². The lowest BCUT2D eigenvalue weighted by atomic mass is 10.2. The molecule has 0 aliphatic carbocycles. The molecule has 1 aliphatic heterocycles. The summed E-state index contributed by atoms with van der Waals surface area (Å²) in [5, 5.41) is 3.02. The zero-order chi connectivity index (χ0) is 14.5. The molecular weight excluding hydrogens is 281 g/mol. The van der Waals surface area contributed by atoms with Gasteiger partial charge in [-0.3, -0.25) is 4.90 Å². The molecule has 0 radical (unpaired) electrons. The molecule has 0 saturated carbocycles. The molecule has 0 aromatic carbocycles. The van der Waals surface area contributed by atoms with E-state index in [1.807, 2.05) is 6.92 Å². The lowest BCUT2D eigenvalue weighted by Gasteiger charge is -2.23. The predicted molar refractivity (Wildman–Crippen MR) is 67.8 cm³/mol. The highest BCUT2D eigenvalue weighted by Gasteiger charge is 2.31. The van der Waals surface area contributed by atoms with Crippen LogP contribution in [0.3, 0.4) is 0 Å². The van der Waals surface area contributed by atoms with E-state index < -0.39 is 22.6 Å². The molecule has 114 valence electrons. The highest BCUT2D eigenvalue weighted by atomic mass is 32.2. The average Bonchev–Trinajstić information content (AvgIpc) is 2.56. The second-order valence-electron chi connectivity index (χ2n) is 4.95. The summed E-state index contributed by atoms with van der Waals surface area (Å²) in [5.41, 5.74) is 0. The van der Waals surface area contributed by atoms with Crippen LogP contribution in [0.25, 0.3) is 0 Å². The molecule has 0 aromatic rings. The van der Waals surface area contributed by atoms with Gasteiger partial charge in [-0.05, 0) is 19.4 Å². The first-order valence-electron chi connectivity index (χ1n) is 6.45. The number of nitrogens with one attached hydrogen (secondary N) is 1. The average molecular weight is 302 g/mol. The molecule has 1 rings (SSSR count). The summed E-state index contributed by atoms with van der Waals surface area (Å²) in [5.74, 6) is 0.270. The minimum absolute atomic E-state index is 0.0973. The van der Waals surface area contributed by atoms with Crippen molar-refractivity contribution in [2.45, 2.75) is 32.0 Å². The van der Waals surface area contributed by atoms with Crippen LogP contribution in [0.15, 0.2) is 0 Å². The van der Waals surface area contributed by atoms with Crippen LogP contribution < -0.4 is 5.32 Å². The number of hydrogen-bond acceptors (Lipinski definition) is 4. The van der Waals surface area contributed by atoms with E-state index in [2.05, 4.69) is 5.32 Å². The minimum Gasteiger partial charge on any atom is -0.312 e. The van der Waals surface area contributed by atoms with Gasteiger partial charge < -0.3 is 5.32 Å². The fourth-order valence-electron chi connectivity index (χ4n) is 2.22. The first kappa shape index (κ1) is 16.7. The normalized spacial score (nSPS) is 23.1. The van der Waals surface area contributed by atoms with Crippen LogP contribution in [0.2, 0.25) is 0 Å². The Morgan fingerprint density at radius 3 is 2.47 bits per heavy atom. The van der Waals surface area contributed by atoms with Crippen LogP contribution >= 0.6 is 0 Å². The zero-order valence-electron chi connectivity index (χ0n) is 11.0. The first-order valence-corrected chi connectivity index (χ1v) is 8.27. The molecule has 1 saturated heterocycles. The van der Waals surface area contributed by atoms with Gasteiger partial charge in [-0.1, -0.05) is 6.92 Å². The molecule has 0 aromatic heterocycles. The number of nitrogens with zero attached hydrogens (tertiary/aromatic N) is 1. The van der Waals surface area contributed by atoms with E-state index in [1.54, 1.807) is 0 Å². The summed E-state index contributed by atoms with van der Waals surface area (Å²) in [7, 11) is -2.94. The van der Waals surface area contributed by atoms with Gasteiger partial charge in [0.25, 0.3) is 0 Å². The Hall–Kier alpha value is -0.340. The number of halogens is 3. The molecule has 4 nitrogen and oxygen atoms in total. The smallest absolute Gasteiger partial charge is 0.312 e. The Kier molecular flexibility index (Phi) is 6.07. The molecule has 1 atom stereocenters. The maximum Gasteiger partial charge on any atom is 0.401 e. The molecule has 1 fully saturated rings. The van der Waals surface area contributed by atoms with Gasteiger partial charge in [0.2, 0.25) is 0 Å². The maximum absolute atomic E-state index is 12.3. The van der Waals surface area contributed by atoms with E-state index in [9.17, 15) is 21.6 Å². The van der Waals surface area contributed by atoms with Crippen molar-refractivity contribution in [3.8, 4) is 0 Å². The summed E-state index contributed by atoms with van der Waals surface area (Å²) in [4.78, 5) is 1.34. The number of rotatable bonds is 7. The van der Waals surface area contributed by atoms with E-state index in [0.29, 0.717) is 25.9 Å². The van der Waals surface area contributed by atoms with Gasteiger partial charge >= 0.3 is 6.18 Å². The summed E-state index contributed by atoms with van der Waals surface area (Å²) < 4.78 is 59.4. The Balaban J connectivity index is 2.28. The van der Waals surface area contributed by atoms with Gasteiger partial charge in [0.05, 0.1) is 18.1 Å². The summed E-state index contributed by atoms with van der Waals surface area (Å²) in [6, 6.07) is -0.112.